The zero-order valence-electron chi connectivity index (χ0n) is 27.2. The van der Waals surface area contributed by atoms with Crippen LogP contribution in [0.2, 0.25) is 0 Å². The molecule has 0 saturated carbocycles. The van der Waals surface area contributed by atoms with E-state index in [1.165, 1.54) is 142 Å². The molecular formula is C48H23N3. The first-order valence-electron chi connectivity index (χ1n) is 18.2. The summed E-state index contributed by atoms with van der Waals surface area (Å²) in [6.07, 6.45) is 1.02. The maximum absolute atomic E-state index is 2.72. The number of hydrogen-bond donors (Lipinski definition) is 0. The first-order chi connectivity index (χ1) is 25.3. The van der Waals surface area contributed by atoms with Gasteiger partial charge in [0.1, 0.15) is 0 Å². The molecule has 14 aromatic rings. The first kappa shape index (κ1) is 23.7. The molecule has 0 fully saturated rings. The van der Waals surface area contributed by atoms with Gasteiger partial charge in [0.2, 0.25) is 0 Å². The second-order valence-corrected chi connectivity index (χ2v) is 15.5. The SMILES string of the molecule is c1ccc2c(c1)CC1c3c-2c2ccc4c5cc6ccccc6c6c5c5c(c3c3c7c8c(cc9ccccc9c8c8ccc1n83)c1ccc6n1c75)n24. The van der Waals surface area contributed by atoms with Crippen LogP contribution in [-0.2, 0) is 6.42 Å². The van der Waals surface area contributed by atoms with Crippen LogP contribution in [-0.4, -0.2) is 13.2 Å². The Bertz CT molecular complexity index is 3930. The molecule has 6 aromatic carbocycles. The Balaban J connectivity index is 1.39. The second-order valence-electron chi connectivity index (χ2n) is 15.5. The van der Waals surface area contributed by atoms with Gasteiger partial charge in [0, 0.05) is 65.7 Å². The van der Waals surface area contributed by atoms with Crippen molar-refractivity contribution >= 4 is 114 Å². The summed E-state index contributed by atoms with van der Waals surface area (Å²) >= 11 is 0. The van der Waals surface area contributed by atoms with Gasteiger partial charge in [-0.3, -0.25) is 0 Å². The Morgan fingerprint density at radius 3 is 1.71 bits per heavy atom. The number of hydrogen-bond acceptors (Lipinski definition) is 0. The molecule has 16 rings (SSSR count). The first-order valence-corrected chi connectivity index (χ1v) is 18.2. The van der Waals surface area contributed by atoms with Gasteiger partial charge < -0.3 is 13.2 Å². The number of pyridine rings is 5. The third-order valence-corrected chi connectivity index (χ3v) is 13.6. The highest BCUT2D eigenvalue weighted by Crippen LogP contribution is 2.59. The maximum Gasteiger partial charge on any atom is 0.0662 e. The molecule has 8 aromatic heterocycles. The van der Waals surface area contributed by atoms with Crippen molar-refractivity contribution in [3.05, 3.63) is 138 Å². The fourth-order valence-electron chi connectivity index (χ4n) is 12.0. The number of benzene rings is 6. The van der Waals surface area contributed by atoms with E-state index < -0.39 is 0 Å². The van der Waals surface area contributed by atoms with Gasteiger partial charge in [-0.05, 0) is 93.2 Å². The number of rotatable bonds is 0. The zero-order valence-corrected chi connectivity index (χ0v) is 27.2. The summed E-state index contributed by atoms with van der Waals surface area (Å²) in [5, 5.41) is 17.9. The lowest BCUT2D eigenvalue weighted by atomic mass is 9.73. The van der Waals surface area contributed by atoms with Crippen LogP contribution >= 0.6 is 0 Å². The number of aromatic nitrogens is 3. The molecule has 0 bridgehead atoms. The predicted molar refractivity (Wildman–Crippen MR) is 213 cm³/mol. The summed E-state index contributed by atoms with van der Waals surface area (Å²) in [4.78, 5) is 0. The molecule has 230 valence electrons. The van der Waals surface area contributed by atoms with Crippen LogP contribution in [0.1, 0.15) is 22.7 Å². The minimum Gasteiger partial charge on any atom is -0.312 e. The molecule has 0 N–H and O–H groups in total. The lowest BCUT2D eigenvalue weighted by Crippen LogP contribution is -2.20. The lowest BCUT2D eigenvalue weighted by Gasteiger charge is -2.36. The monoisotopic (exact) mass is 641 g/mol. The van der Waals surface area contributed by atoms with Crippen molar-refractivity contribution in [2.75, 3.05) is 0 Å². The Morgan fingerprint density at radius 1 is 0.412 bits per heavy atom. The van der Waals surface area contributed by atoms with Crippen LogP contribution < -0.4 is 0 Å². The van der Waals surface area contributed by atoms with E-state index in [0.29, 0.717) is 0 Å². The number of fused-ring (bicyclic) bond motifs is 12. The molecule has 2 aliphatic rings. The third-order valence-electron chi connectivity index (χ3n) is 13.6. The fraction of sp³-hybridized carbons (Fsp3) is 0.0417. The Hall–Kier alpha value is -6.58. The summed E-state index contributed by atoms with van der Waals surface area (Å²) in [6, 6.07) is 46.9. The fourth-order valence-corrected chi connectivity index (χ4v) is 12.0. The molecule has 3 heteroatoms. The Labute approximate surface area is 288 Å². The van der Waals surface area contributed by atoms with E-state index in [2.05, 4.69) is 135 Å². The van der Waals surface area contributed by atoms with Gasteiger partial charge in [0.15, 0.2) is 0 Å². The van der Waals surface area contributed by atoms with Gasteiger partial charge in [-0.2, -0.15) is 0 Å². The van der Waals surface area contributed by atoms with E-state index in [4.69, 9.17) is 0 Å². The summed E-state index contributed by atoms with van der Waals surface area (Å²) in [5.41, 5.74) is 18.0. The van der Waals surface area contributed by atoms with Crippen LogP contribution in [0.5, 0.6) is 0 Å². The van der Waals surface area contributed by atoms with E-state index in [0.717, 1.165) is 6.42 Å². The van der Waals surface area contributed by atoms with Crippen molar-refractivity contribution in [1.82, 2.24) is 13.2 Å². The van der Waals surface area contributed by atoms with Crippen molar-refractivity contribution in [1.29, 1.82) is 0 Å². The van der Waals surface area contributed by atoms with Crippen molar-refractivity contribution in [3.63, 3.8) is 0 Å². The molecule has 51 heavy (non-hydrogen) atoms. The number of nitrogens with zero attached hydrogens (tertiary/aromatic N) is 3. The smallest absolute Gasteiger partial charge is 0.0662 e. The second kappa shape index (κ2) is 7.17. The van der Waals surface area contributed by atoms with Gasteiger partial charge in [-0.1, -0.05) is 72.8 Å². The standard InChI is InChI=1S/C48H23N3/c1-4-10-25-22(7-1)19-28-31-13-17-35-38-26-11-5-2-9-24(26)21-30-33-15-18-36-39-27-12-6-3-8-23(27)20-29-32-14-16-34-37(25)40(28)43-46(49(31)35)44(42(30)38)48(51(33)36)45(41(29)39)47(43)50(32)34/h1-20,30H,21H2. The highest BCUT2D eigenvalue weighted by molar-refractivity contribution is 6.47. The predicted octanol–water partition coefficient (Wildman–Crippen LogP) is 12.2. The molecule has 1 aliphatic carbocycles. The van der Waals surface area contributed by atoms with E-state index in [1.54, 1.807) is 0 Å². The average Bonchev–Trinajstić information content (AvgIpc) is 3.94. The van der Waals surface area contributed by atoms with E-state index >= 15 is 0 Å². The molecule has 9 heterocycles. The Morgan fingerprint density at radius 2 is 0.961 bits per heavy atom. The molecular weight excluding hydrogens is 619 g/mol. The van der Waals surface area contributed by atoms with Crippen molar-refractivity contribution in [3.8, 4) is 11.1 Å². The van der Waals surface area contributed by atoms with Crippen molar-refractivity contribution < 1.29 is 0 Å². The van der Waals surface area contributed by atoms with Crippen LogP contribution in [0.15, 0.2) is 121 Å². The molecule has 3 nitrogen and oxygen atoms in total. The largest absolute Gasteiger partial charge is 0.312 e. The van der Waals surface area contributed by atoms with Gasteiger partial charge in [-0.25, -0.2) is 0 Å². The molecule has 1 aliphatic heterocycles. The minimum absolute atomic E-state index is 0.281. The zero-order chi connectivity index (χ0) is 32.2. The summed E-state index contributed by atoms with van der Waals surface area (Å²) in [7, 11) is 0. The van der Waals surface area contributed by atoms with E-state index in [1.807, 2.05) is 0 Å². The van der Waals surface area contributed by atoms with Crippen molar-refractivity contribution in [2.45, 2.75) is 12.3 Å². The van der Waals surface area contributed by atoms with Crippen molar-refractivity contribution in [2.24, 2.45) is 0 Å². The quantitative estimate of drug-likeness (QED) is 0.115. The highest BCUT2D eigenvalue weighted by Gasteiger charge is 2.39. The molecule has 0 saturated heterocycles. The van der Waals surface area contributed by atoms with Crippen LogP contribution in [0.3, 0.4) is 0 Å². The highest BCUT2D eigenvalue weighted by atomic mass is 15.0. The minimum atomic E-state index is 0.281. The van der Waals surface area contributed by atoms with Gasteiger partial charge >= 0.3 is 0 Å². The van der Waals surface area contributed by atoms with Gasteiger partial charge in [0.25, 0.3) is 0 Å². The summed E-state index contributed by atoms with van der Waals surface area (Å²) in [5.74, 6) is 0.281. The van der Waals surface area contributed by atoms with Crippen LogP contribution in [0.25, 0.3) is 125 Å². The van der Waals surface area contributed by atoms with Gasteiger partial charge in [-0.15, -0.1) is 0 Å². The van der Waals surface area contributed by atoms with E-state index in [9.17, 15) is 0 Å². The molecule has 1 unspecified atom stereocenters. The Kier molecular flexibility index (Phi) is 3.33. The molecule has 0 radical (unpaired) electrons. The lowest BCUT2D eigenvalue weighted by molar-refractivity contribution is 0.760. The molecule has 0 amide bonds. The van der Waals surface area contributed by atoms with Crippen LogP contribution in [0, 0.1) is 0 Å². The van der Waals surface area contributed by atoms with Gasteiger partial charge in [0.05, 0.1) is 44.1 Å². The van der Waals surface area contributed by atoms with E-state index in [-0.39, 0.29) is 5.92 Å². The van der Waals surface area contributed by atoms with Crippen LogP contribution in [0.4, 0.5) is 0 Å². The average molecular weight is 642 g/mol. The maximum atomic E-state index is 2.72. The summed E-state index contributed by atoms with van der Waals surface area (Å²) in [6.45, 7) is 0. The summed E-state index contributed by atoms with van der Waals surface area (Å²) < 4.78 is 8.05. The topological polar surface area (TPSA) is 13.2 Å². The molecule has 0 spiro atoms. The normalized spacial score (nSPS) is 16.0. The molecule has 1 atom stereocenters. The third kappa shape index (κ3) is 2.17.